The van der Waals surface area contributed by atoms with Crippen molar-refractivity contribution in [3.05, 3.63) is 64.9 Å². The lowest BCUT2D eigenvalue weighted by Crippen LogP contribution is -2.53. The number of amides is 2. The van der Waals surface area contributed by atoms with E-state index in [4.69, 9.17) is 0 Å². The number of carbonyl (C=O) groups is 3. The van der Waals surface area contributed by atoms with Crippen LogP contribution in [0.3, 0.4) is 0 Å². The first kappa shape index (κ1) is 26.5. The summed E-state index contributed by atoms with van der Waals surface area (Å²) in [6, 6.07) is 10.2. The molecular formula is C27H25BrFN7O3. The van der Waals surface area contributed by atoms with Gasteiger partial charge in [-0.05, 0) is 58.6 Å². The summed E-state index contributed by atoms with van der Waals surface area (Å²) in [6.45, 7) is 4.67. The molecule has 12 heteroatoms. The maximum Gasteiger partial charge on any atom is 0.284 e. The van der Waals surface area contributed by atoms with Gasteiger partial charge >= 0.3 is 0 Å². The van der Waals surface area contributed by atoms with Gasteiger partial charge in [0.25, 0.3) is 11.7 Å². The Bertz CT molecular complexity index is 1610. The van der Waals surface area contributed by atoms with Crippen molar-refractivity contribution in [3.8, 4) is 11.1 Å². The van der Waals surface area contributed by atoms with Gasteiger partial charge in [-0.25, -0.2) is 19.3 Å². The molecule has 0 unspecified atom stereocenters. The molecule has 2 amide bonds. The van der Waals surface area contributed by atoms with Crippen LogP contribution in [0.15, 0.2) is 53.4 Å². The zero-order chi connectivity index (χ0) is 27.9. The summed E-state index contributed by atoms with van der Waals surface area (Å²) in [5.41, 5.74) is 2.27. The molecular weight excluding hydrogens is 569 g/mol. The number of carbonyl (C=O) groups excluding carboxylic acids is 3. The normalized spacial score (nSPS) is 18.9. The Hall–Kier alpha value is -4.06. The number of nitrogens with one attached hydrogen (secondary N) is 1. The van der Waals surface area contributed by atoms with E-state index in [9.17, 15) is 14.4 Å². The molecule has 5 rings (SSSR count). The molecule has 0 radical (unpaired) electrons. The molecule has 0 saturated carbocycles. The molecule has 4 aromatic rings. The van der Waals surface area contributed by atoms with Crippen molar-refractivity contribution < 1.29 is 18.8 Å². The van der Waals surface area contributed by atoms with Gasteiger partial charge < -0.3 is 10.2 Å². The van der Waals surface area contributed by atoms with Crippen LogP contribution in [0.25, 0.3) is 22.0 Å². The van der Waals surface area contributed by atoms with E-state index in [-0.39, 0.29) is 42.7 Å². The topological polar surface area (TPSA) is 123 Å². The van der Waals surface area contributed by atoms with Crippen LogP contribution in [0.5, 0.6) is 0 Å². The lowest BCUT2D eigenvalue weighted by atomic mass is 10.0. The highest BCUT2D eigenvalue weighted by Gasteiger charge is 2.53. The van der Waals surface area contributed by atoms with E-state index in [0.717, 1.165) is 16.0 Å². The Morgan fingerprint density at radius 2 is 1.90 bits per heavy atom. The van der Waals surface area contributed by atoms with Crippen molar-refractivity contribution in [2.75, 3.05) is 11.9 Å². The van der Waals surface area contributed by atoms with Crippen molar-refractivity contribution in [3.63, 3.8) is 0 Å². The molecule has 1 saturated heterocycles. The third-order valence-electron chi connectivity index (χ3n) is 6.63. The summed E-state index contributed by atoms with van der Waals surface area (Å²) in [5.74, 6) is -3.89. The third-order valence-corrected chi connectivity index (χ3v) is 7.07. The maximum atomic E-state index is 16.2. The Labute approximate surface area is 231 Å². The number of fused-ring (bicyclic) bond motifs is 1. The number of benzene rings is 1. The summed E-state index contributed by atoms with van der Waals surface area (Å²) >= 11 is 3.22. The van der Waals surface area contributed by atoms with Gasteiger partial charge in [-0.3, -0.25) is 19.1 Å². The van der Waals surface area contributed by atoms with Crippen molar-refractivity contribution >= 4 is 50.2 Å². The highest BCUT2D eigenvalue weighted by molar-refractivity contribution is 9.10. The van der Waals surface area contributed by atoms with Crippen LogP contribution in [0.2, 0.25) is 0 Å². The van der Waals surface area contributed by atoms with E-state index in [1.165, 1.54) is 17.7 Å². The molecule has 1 N–H and O–H groups in total. The number of pyridine rings is 1. The number of hydrogen-bond donors (Lipinski definition) is 1. The van der Waals surface area contributed by atoms with Crippen LogP contribution < -0.4 is 5.32 Å². The van der Waals surface area contributed by atoms with Gasteiger partial charge in [0.2, 0.25) is 5.91 Å². The van der Waals surface area contributed by atoms with Crippen molar-refractivity contribution in [1.29, 1.82) is 0 Å². The minimum atomic E-state index is -2.56. The predicted octanol–water partition coefficient (Wildman–Crippen LogP) is 4.33. The average molecular weight is 594 g/mol. The zero-order valence-electron chi connectivity index (χ0n) is 21.5. The van der Waals surface area contributed by atoms with Crippen molar-refractivity contribution in [1.82, 2.24) is 29.6 Å². The predicted molar refractivity (Wildman–Crippen MR) is 145 cm³/mol. The minimum Gasteiger partial charge on any atom is -0.306 e. The lowest BCUT2D eigenvalue weighted by Gasteiger charge is -2.29. The monoisotopic (exact) mass is 593 g/mol. The number of likely N-dealkylation sites (tertiary alicyclic amines) is 1. The number of alkyl halides is 1. The van der Waals surface area contributed by atoms with E-state index in [0.29, 0.717) is 21.3 Å². The van der Waals surface area contributed by atoms with Gasteiger partial charge in [0, 0.05) is 43.2 Å². The highest BCUT2D eigenvalue weighted by atomic mass is 79.9. The summed E-state index contributed by atoms with van der Waals surface area (Å²) < 4.78 is 18.1. The first-order chi connectivity index (χ1) is 18.5. The zero-order valence-corrected chi connectivity index (χ0v) is 23.1. The van der Waals surface area contributed by atoms with E-state index >= 15 is 4.39 Å². The molecule has 1 aromatic carbocycles. The fraction of sp³-hybridized carbons (Fsp3) is 0.296. The van der Waals surface area contributed by atoms with E-state index in [1.807, 2.05) is 6.07 Å². The van der Waals surface area contributed by atoms with E-state index < -0.39 is 17.6 Å². The molecule has 1 aliphatic rings. The van der Waals surface area contributed by atoms with Crippen molar-refractivity contribution in [2.45, 2.75) is 39.5 Å². The van der Waals surface area contributed by atoms with Gasteiger partial charge in [-0.15, -0.1) is 0 Å². The number of halogens is 2. The molecule has 39 heavy (non-hydrogen) atoms. The summed E-state index contributed by atoms with van der Waals surface area (Å²) in [6.07, 6.45) is 3.23. The van der Waals surface area contributed by atoms with Crippen LogP contribution in [0.4, 0.5) is 10.2 Å². The number of Topliss-reactive ketones (excluding diaryl/α,β-unsaturated/α-hetero) is 1. The molecule has 3 aromatic heterocycles. The van der Waals surface area contributed by atoms with E-state index in [2.05, 4.69) is 41.3 Å². The van der Waals surface area contributed by atoms with E-state index in [1.54, 1.807) is 50.5 Å². The Balaban J connectivity index is 1.44. The smallest absolute Gasteiger partial charge is 0.284 e. The number of aromatic nitrogens is 5. The van der Waals surface area contributed by atoms with Gasteiger partial charge in [-0.1, -0.05) is 19.1 Å². The molecule has 200 valence electrons. The lowest BCUT2D eigenvalue weighted by molar-refractivity contribution is -0.153. The summed E-state index contributed by atoms with van der Waals surface area (Å²) in [7, 11) is 0. The molecule has 0 aliphatic carbocycles. The molecule has 1 fully saturated rings. The van der Waals surface area contributed by atoms with Crippen LogP contribution >= 0.6 is 15.9 Å². The largest absolute Gasteiger partial charge is 0.306 e. The van der Waals surface area contributed by atoms with Gasteiger partial charge in [0.05, 0.1) is 5.52 Å². The maximum absolute atomic E-state index is 16.2. The number of aryl methyl sites for hydroxylation is 1. The number of hydrogen-bond acceptors (Lipinski definition) is 7. The fourth-order valence-corrected chi connectivity index (χ4v) is 5.14. The fourth-order valence-electron chi connectivity index (χ4n) is 4.79. The first-order valence-corrected chi connectivity index (χ1v) is 13.1. The van der Waals surface area contributed by atoms with Crippen LogP contribution in [0.1, 0.15) is 36.6 Å². The number of rotatable bonds is 6. The average Bonchev–Trinajstić information content (AvgIpc) is 3.41. The summed E-state index contributed by atoms with van der Waals surface area (Å²) in [5, 5.41) is 7.42. The van der Waals surface area contributed by atoms with Crippen LogP contribution in [0, 0.1) is 12.8 Å². The minimum absolute atomic E-state index is 0.0605. The van der Waals surface area contributed by atoms with Crippen molar-refractivity contribution in [2.24, 2.45) is 5.92 Å². The Kier molecular flexibility index (Phi) is 6.98. The summed E-state index contributed by atoms with van der Waals surface area (Å²) in [4.78, 5) is 52.4. The second kappa shape index (κ2) is 10.3. The quantitative estimate of drug-likeness (QED) is 0.200. The molecule has 0 bridgehead atoms. The van der Waals surface area contributed by atoms with Crippen LogP contribution in [-0.4, -0.2) is 59.6 Å². The number of nitrogens with zero attached hydrogens (tertiary/aromatic N) is 6. The molecule has 10 nitrogen and oxygen atoms in total. The van der Waals surface area contributed by atoms with Gasteiger partial charge in [0.15, 0.2) is 5.78 Å². The molecule has 1 aliphatic heterocycles. The van der Waals surface area contributed by atoms with Gasteiger partial charge in [-0.2, -0.15) is 5.10 Å². The Morgan fingerprint density at radius 3 is 2.59 bits per heavy atom. The molecule has 2 atom stereocenters. The molecule has 0 spiro atoms. The highest BCUT2D eigenvalue weighted by Crippen LogP contribution is 2.36. The Morgan fingerprint density at radius 1 is 1.15 bits per heavy atom. The molecule has 4 heterocycles. The number of anilines is 1. The number of ketones is 1. The first-order valence-electron chi connectivity index (χ1n) is 12.3. The van der Waals surface area contributed by atoms with Gasteiger partial charge in [0.1, 0.15) is 28.5 Å². The third kappa shape index (κ3) is 5.16. The second-order valence-corrected chi connectivity index (χ2v) is 10.5. The second-order valence-electron chi connectivity index (χ2n) is 9.69. The van der Waals surface area contributed by atoms with Crippen LogP contribution in [-0.2, 0) is 16.1 Å². The standard InChI is InChI=1S/C27H25BrFN7O3/c1-15-10-27(29,26(39)33-23-6-4-5-22(28)32-23)35(13-15)24(38)14-36-21-8-7-18(19-11-30-17(3)31-12-19)9-20(21)25(34-36)16(2)37/h4-9,11-12,15H,10,13-14H2,1-3H3,(H,32,33,39)/t15-,27-/m1/s1. The SMILES string of the molecule is CC(=O)c1nn(CC(=O)N2C[C@H](C)C[C@]2(F)C(=O)Nc2cccc(Br)n2)c2ccc(-c3cnc(C)nc3)cc12.